The summed E-state index contributed by atoms with van der Waals surface area (Å²) in [6.45, 7) is 9.46. The first-order chi connectivity index (χ1) is 17.5. The topological polar surface area (TPSA) is 196 Å². The molecule has 1 rings (SSSR count). The van der Waals surface area contributed by atoms with E-state index >= 15 is 0 Å². The zero-order valence-electron chi connectivity index (χ0n) is 23.1. The van der Waals surface area contributed by atoms with Crippen LogP contribution in [0.15, 0.2) is 0 Å². The third kappa shape index (κ3) is 19.1. The minimum Gasteiger partial charge on any atom is -0.480 e. The van der Waals surface area contributed by atoms with Crippen molar-refractivity contribution in [1.29, 1.82) is 0 Å². The number of hydrogen-bond donors (Lipinski definition) is 5. The largest absolute Gasteiger partial charge is 0.480 e. The highest BCUT2D eigenvalue weighted by molar-refractivity contribution is 5.73. The average Bonchev–Trinajstić information content (AvgIpc) is 2.83. The molecule has 13 nitrogen and oxygen atoms in total. The molecule has 0 heterocycles. The van der Waals surface area contributed by atoms with Gasteiger partial charge in [-0.15, -0.1) is 0 Å². The maximum Gasteiger partial charge on any atom is 0.317 e. The van der Waals surface area contributed by atoms with Gasteiger partial charge in [-0.1, -0.05) is 54.4 Å². The first kappa shape index (κ1) is 38.8. The summed E-state index contributed by atoms with van der Waals surface area (Å²) < 4.78 is 0. The van der Waals surface area contributed by atoms with Gasteiger partial charge in [0.2, 0.25) is 0 Å². The van der Waals surface area contributed by atoms with Gasteiger partial charge in [-0.2, -0.15) is 0 Å². The van der Waals surface area contributed by atoms with Gasteiger partial charge in [0.05, 0.1) is 32.7 Å². The highest BCUT2D eigenvalue weighted by Gasteiger charge is 2.36. The molecule has 0 spiro atoms. The molecule has 0 aliphatic heterocycles. The molecule has 2 unspecified atom stereocenters. The van der Waals surface area contributed by atoms with Gasteiger partial charge in [0.1, 0.15) is 0 Å². The fourth-order valence-electron chi connectivity index (χ4n) is 3.98. The van der Waals surface area contributed by atoms with Gasteiger partial charge in [0.15, 0.2) is 0 Å². The third-order valence-corrected chi connectivity index (χ3v) is 5.07. The van der Waals surface area contributed by atoms with Crippen LogP contribution >= 0.6 is 0 Å². The Morgan fingerprint density at radius 2 is 0.811 bits per heavy atom. The fraction of sp³-hybridized carbons (Fsp3) is 0.792. The lowest BCUT2D eigenvalue weighted by molar-refractivity contribution is -0.146. The van der Waals surface area contributed by atoms with Gasteiger partial charge < -0.3 is 25.5 Å². The zero-order valence-corrected chi connectivity index (χ0v) is 23.1. The van der Waals surface area contributed by atoms with Crippen LogP contribution in [0.5, 0.6) is 0 Å². The molecule has 2 atom stereocenters. The molecule has 5 N–H and O–H groups in total. The van der Waals surface area contributed by atoms with Crippen molar-refractivity contribution in [3.05, 3.63) is 0 Å². The van der Waals surface area contributed by atoms with E-state index < -0.39 is 74.7 Å². The van der Waals surface area contributed by atoms with Crippen molar-refractivity contribution in [2.24, 2.45) is 0 Å². The number of nitrogens with zero attached hydrogens (tertiary/aromatic N) is 3. The van der Waals surface area contributed by atoms with Crippen LogP contribution in [0.2, 0.25) is 0 Å². The molecule has 37 heavy (non-hydrogen) atoms. The van der Waals surface area contributed by atoms with Crippen molar-refractivity contribution < 1.29 is 49.5 Å². The van der Waals surface area contributed by atoms with Gasteiger partial charge in [0.25, 0.3) is 0 Å². The summed E-state index contributed by atoms with van der Waals surface area (Å²) in [5, 5.41) is 45.7. The number of carboxylic acid groups (broad SMARTS) is 5. The van der Waals surface area contributed by atoms with Crippen molar-refractivity contribution in [1.82, 2.24) is 14.7 Å². The Morgan fingerprint density at radius 3 is 1.14 bits per heavy atom. The van der Waals surface area contributed by atoms with E-state index in [9.17, 15) is 39.3 Å². The minimum absolute atomic E-state index is 0.0298. The van der Waals surface area contributed by atoms with Crippen LogP contribution in [-0.4, -0.2) is 128 Å². The first-order valence-corrected chi connectivity index (χ1v) is 12.8. The van der Waals surface area contributed by atoms with Crippen LogP contribution in [0.25, 0.3) is 0 Å². The molecular formula is C24H47N3O10. The Hall–Kier alpha value is -2.77. The van der Waals surface area contributed by atoms with Crippen LogP contribution in [-0.2, 0) is 24.0 Å². The molecule has 1 aliphatic carbocycles. The number of carboxylic acids is 5. The number of rotatable bonds is 15. The van der Waals surface area contributed by atoms with E-state index in [1.165, 1.54) is 4.90 Å². The molecule has 0 bridgehead atoms. The van der Waals surface area contributed by atoms with Gasteiger partial charge in [0, 0.05) is 25.2 Å². The predicted octanol–water partition coefficient (Wildman–Crippen LogP) is 1.71. The van der Waals surface area contributed by atoms with Crippen molar-refractivity contribution in [2.75, 3.05) is 45.8 Å². The summed E-state index contributed by atoms with van der Waals surface area (Å²) in [4.78, 5) is 59.9. The predicted molar refractivity (Wildman–Crippen MR) is 138 cm³/mol. The maximum absolute atomic E-state index is 11.4. The summed E-state index contributed by atoms with van der Waals surface area (Å²) >= 11 is 0. The second-order valence-corrected chi connectivity index (χ2v) is 7.47. The van der Waals surface area contributed by atoms with Gasteiger partial charge in [-0.05, 0) is 12.8 Å². The van der Waals surface area contributed by atoms with Gasteiger partial charge >= 0.3 is 29.8 Å². The number of carbonyl (C=O) groups is 5. The maximum atomic E-state index is 11.4. The third-order valence-electron chi connectivity index (χ3n) is 5.07. The standard InChI is InChI=1S/C18H29N3O10.3C2H6/c22-14(23)7-19(8-15(24)25)5-6-20(9-16(26)27)12-3-1-2-4-13(12)21(10-17(28)29)11-18(30)31;3*1-2/h12-13H,1-11H2,(H,22,23)(H,24,25)(H,26,27)(H,28,29)(H,30,31);3*1-2H3. The quantitative estimate of drug-likeness (QED) is 0.203. The van der Waals surface area contributed by atoms with Crippen molar-refractivity contribution in [3.8, 4) is 0 Å². The summed E-state index contributed by atoms with van der Waals surface area (Å²) in [6, 6.07) is -0.993. The van der Waals surface area contributed by atoms with Crippen molar-refractivity contribution in [3.63, 3.8) is 0 Å². The van der Waals surface area contributed by atoms with E-state index in [2.05, 4.69) is 0 Å². The highest BCUT2D eigenvalue weighted by Crippen LogP contribution is 2.27. The Morgan fingerprint density at radius 1 is 0.514 bits per heavy atom. The second-order valence-electron chi connectivity index (χ2n) is 7.47. The molecule has 1 aliphatic rings. The molecule has 1 saturated carbocycles. The minimum atomic E-state index is -1.23. The summed E-state index contributed by atoms with van der Waals surface area (Å²) in [5.74, 6) is -6.02. The molecule has 0 aromatic heterocycles. The molecule has 0 amide bonds. The molecule has 0 aromatic rings. The van der Waals surface area contributed by atoms with E-state index in [1.807, 2.05) is 41.5 Å². The van der Waals surface area contributed by atoms with Crippen molar-refractivity contribution in [2.45, 2.75) is 79.3 Å². The molecule has 0 aromatic carbocycles. The summed E-state index contributed by atoms with van der Waals surface area (Å²) in [6.07, 6.45) is 2.45. The lowest BCUT2D eigenvalue weighted by Gasteiger charge is -2.44. The summed E-state index contributed by atoms with van der Waals surface area (Å²) in [5.41, 5.74) is 0. The highest BCUT2D eigenvalue weighted by atomic mass is 16.4. The normalized spacial score (nSPS) is 16.4. The van der Waals surface area contributed by atoms with E-state index in [1.54, 1.807) is 4.90 Å². The van der Waals surface area contributed by atoms with Crippen LogP contribution in [0.3, 0.4) is 0 Å². The van der Waals surface area contributed by atoms with Crippen LogP contribution in [0.4, 0.5) is 0 Å². The van der Waals surface area contributed by atoms with Crippen LogP contribution in [0, 0.1) is 0 Å². The monoisotopic (exact) mass is 537 g/mol. The number of aliphatic carboxylic acids is 5. The SMILES string of the molecule is CC.CC.CC.O=C(O)CN(CCN(CC(=O)O)C1CCCCC1N(CC(=O)O)CC(=O)O)CC(=O)O. The average molecular weight is 538 g/mol. The Balaban J connectivity index is -0.00000179. The second kappa shape index (κ2) is 23.6. The molecule has 0 saturated heterocycles. The van der Waals surface area contributed by atoms with Crippen molar-refractivity contribution >= 4 is 29.8 Å². The fourth-order valence-corrected chi connectivity index (χ4v) is 3.98. The number of hydrogen-bond acceptors (Lipinski definition) is 8. The Bertz CT molecular complexity index is 643. The van der Waals surface area contributed by atoms with Gasteiger partial charge in [-0.25, -0.2) is 0 Å². The van der Waals surface area contributed by atoms with E-state index in [4.69, 9.17) is 10.2 Å². The Labute approximate surface area is 219 Å². The van der Waals surface area contributed by atoms with E-state index in [0.29, 0.717) is 12.8 Å². The zero-order chi connectivity index (χ0) is 29.6. The lowest BCUT2D eigenvalue weighted by Crippen LogP contribution is -2.57. The van der Waals surface area contributed by atoms with Crippen LogP contribution in [0.1, 0.15) is 67.2 Å². The smallest absolute Gasteiger partial charge is 0.317 e. The summed E-state index contributed by atoms with van der Waals surface area (Å²) in [7, 11) is 0. The van der Waals surface area contributed by atoms with E-state index in [-0.39, 0.29) is 13.1 Å². The molecule has 218 valence electrons. The molecule has 13 heteroatoms. The molecule has 1 fully saturated rings. The first-order valence-electron chi connectivity index (χ1n) is 12.8. The Kier molecular flexibility index (Phi) is 24.7. The van der Waals surface area contributed by atoms with E-state index in [0.717, 1.165) is 17.7 Å². The molecular weight excluding hydrogens is 490 g/mol. The van der Waals surface area contributed by atoms with Crippen LogP contribution < -0.4 is 0 Å². The molecule has 0 radical (unpaired) electrons. The van der Waals surface area contributed by atoms with Gasteiger partial charge in [-0.3, -0.25) is 38.7 Å². The lowest BCUT2D eigenvalue weighted by atomic mass is 9.87.